The van der Waals surface area contributed by atoms with E-state index < -0.39 is 9.84 Å². The highest BCUT2D eigenvalue weighted by Crippen LogP contribution is 2.22. The first-order chi connectivity index (χ1) is 9.09. The zero-order chi connectivity index (χ0) is 14.1. The number of rotatable bonds is 9. The summed E-state index contributed by atoms with van der Waals surface area (Å²) in [7, 11) is -2.86. The smallest absolute Gasteiger partial charge is 0.151 e. The second kappa shape index (κ2) is 8.93. The maximum absolute atomic E-state index is 11.8. The van der Waals surface area contributed by atoms with Crippen molar-refractivity contribution in [2.75, 3.05) is 31.1 Å². The van der Waals surface area contributed by atoms with Crippen molar-refractivity contribution in [3.05, 3.63) is 0 Å². The molecule has 1 aliphatic rings. The molecule has 1 saturated carbocycles. The Hall–Kier alpha value is -0.130. The molecule has 1 fully saturated rings. The van der Waals surface area contributed by atoms with Gasteiger partial charge < -0.3 is 5.73 Å². The van der Waals surface area contributed by atoms with Crippen LogP contribution in [0.4, 0.5) is 0 Å². The van der Waals surface area contributed by atoms with Crippen molar-refractivity contribution in [1.82, 2.24) is 4.90 Å². The molecule has 0 atom stereocenters. The highest BCUT2D eigenvalue weighted by Gasteiger charge is 2.22. The van der Waals surface area contributed by atoms with Crippen LogP contribution in [0.3, 0.4) is 0 Å². The molecule has 0 amide bonds. The Balaban J connectivity index is 2.48. The quantitative estimate of drug-likeness (QED) is 0.703. The summed E-state index contributed by atoms with van der Waals surface area (Å²) in [4.78, 5) is 2.37. The average molecular weight is 290 g/mol. The molecule has 0 aromatic carbocycles. The van der Waals surface area contributed by atoms with E-state index in [-0.39, 0.29) is 0 Å². The van der Waals surface area contributed by atoms with E-state index in [1.165, 1.54) is 32.1 Å². The standard InChI is InChI=1S/C14H30N2O2S/c1-2-12-19(17,18)13-11-16(10-6-9-15)14-7-4-3-5-8-14/h14H,2-13,15H2,1H3. The lowest BCUT2D eigenvalue weighted by Crippen LogP contribution is -2.41. The van der Waals surface area contributed by atoms with Gasteiger partial charge in [0.25, 0.3) is 0 Å². The van der Waals surface area contributed by atoms with E-state index in [0.29, 0.717) is 37.1 Å². The van der Waals surface area contributed by atoms with E-state index in [2.05, 4.69) is 4.90 Å². The van der Waals surface area contributed by atoms with Gasteiger partial charge in [-0.3, -0.25) is 4.90 Å². The normalized spacial score (nSPS) is 18.1. The molecule has 0 aromatic heterocycles. The van der Waals surface area contributed by atoms with E-state index in [0.717, 1.165) is 13.0 Å². The largest absolute Gasteiger partial charge is 0.330 e. The first kappa shape index (κ1) is 16.9. The van der Waals surface area contributed by atoms with Crippen molar-refractivity contribution in [2.24, 2.45) is 5.73 Å². The molecule has 19 heavy (non-hydrogen) atoms. The lowest BCUT2D eigenvalue weighted by molar-refractivity contribution is 0.163. The molecule has 114 valence electrons. The van der Waals surface area contributed by atoms with E-state index in [4.69, 9.17) is 5.73 Å². The molecular weight excluding hydrogens is 260 g/mol. The predicted octanol–water partition coefficient (Wildman–Crippen LogP) is 1.79. The molecule has 1 aliphatic carbocycles. The summed E-state index contributed by atoms with van der Waals surface area (Å²) >= 11 is 0. The molecule has 0 saturated heterocycles. The van der Waals surface area contributed by atoms with Crippen molar-refractivity contribution in [2.45, 2.75) is 57.9 Å². The van der Waals surface area contributed by atoms with Gasteiger partial charge in [0.05, 0.1) is 5.75 Å². The number of nitrogens with two attached hydrogens (primary N) is 1. The molecule has 0 unspecified atom stereocenters. The molecule has 0 aliphatic heterocycles. The average Bonchev–Trinajstić information content (AvgIpc) is 2.40. The second-order valence-corrected chi connectivity index (χ2v) is 7.93. The van der Waals surface area contributed by atoms with Gasteiger partial charge in [-0.15, -0.1) is 0 Å². The zero-order valence-electron chi connectivity index (χ0n) is 12.3. The van der Waals surface area contributed by atoms with E-state index >= 15 is 0 Å². The van der Waals surface area contributed by atoms with E-state index in [9.17, 15) is 8.42 Å². The Morgan fingerprint density at radius 3 is 2.37 bits per heavy atom. The lowest BCUT2D eigenvalue weighted by atomic mass is 9.94. The molecule has 1 rings (SSSR count). The van der Waals surface area contributed by atoms with Crippen LogP contribution in [0.25, 0.3) is 0 Å². The fourth-order valence-corrected chi connectivity index (χ4v) is 4.23. The van der Waals surface area contributed by atoms with Gasteiger partial charge in [0.1, 0.15) is 0 Å². The van der Waals surface area contributed by atoms with Gasteiger partial charge in [0.2, 0.25) is 0 Å². The van der Waals surface area contributed by atoms with Crippen LogP contribution in [0.15, 0.2) is 0 Å². The van der Waals surface area contributed by atoms with Crippen LogP contribution in [0.5, 0.6) is 0 Å². The number of hydrogen-bond acceptors (Lipinski definition) is 4. The fourth-order valence-electron chi connectivity index (χ4n) is 2.89. The molecule has 5 heteroatoms. The van der Waals surface area contributed by atoms with Crippen molar-refractivity contribution >= 4 is 9.84 Å². The highest BCUT2D eigenvalue weighted by molar-refractivity contribution is 7.91. The maximum atomic E-state index is 11.8. The Morgan fingerprint density at radius 1 is 1.11 bits per heavy atom. The fraction of sp³-hybridized carbons (Fsp3) is 1.00. The van der Waals surface area contributed by atoms with Crippen LogP contribution in [0.1, 0.15) is 51.9 Å². The van der Waals surface area contributed by atoms with Gasteiger partial charge in [0.15, 0.2) is 9.84 Å². The van der Waals surface area contributed by atoms with Crippen LogP contribution in [-0.4, -0.2) is 50.5 Å². The molecule has 0 bridgehead atoms. The Morgan fingerprint density at radius 2 is 1.79 bits per heavy atom. The van der Waals surface area contributed by atoms with Crippen LogP contribution < -0.4 is 5.73 Å². The molecule has 0 radical (unpaired) electrons. The van der Waals surface area contributed by atoms with E-state index in [1.807, 2.05) is 6.92 Å². The minimum Gasteiger partial charge on any atom is -0.330 e. The minimum absolute atomic E-state index is 0.307. The molecule has 2 N–H and O–H groups in total. The molecule has 0 heterocycles. The molecule has 0 aromatic rings. The monoisotopic (exact) mass is 290 g/mol. The first-order valence-electron chi connectivity index (χ1n) is 7.73. The van der Waals surface area contributed by atoms with Crippen molar-refractivity contribution in [3.63, 3.8) is 0 Å². The summed E-state index contributed by atoms with van der Waals surface area (Å²) in [6.07, 6.45) is 8.02. The molecule has 4 nitrogen and oxygen atoms in total. The number of nitrogens with zero attached hydrogens (tertiary/aromatic N) is 1. The minimum atomic E-state index is -2.86. The van der Waals surface area contributed by atoms with E-state index in [1.54, 1.807) is 0 Å². The van der Waals surface area contributed by atoms with Crippen molar-refractivity contribution < 1.29 is 8.42 Å². The Bertz CT molecular complexity index is 324. The van der Waals surface area contributed by atoms with Crippen LogP contribution in [0, 0.1) is 0 Å². The first-order valence-corrected chi connectivity index (χ1v) is 9.55. The Labute approximate surface area is 118 Å². The topological polar surface area (TPSA) is 63.4 Å². The third-order valence-corrected chi connectivity index (χ3v) is 5.78. The van der Waals surface area contributed by atoms with Crippen LogP contribution in [-0.2, 0) is 9.84 Å². The van der Waals surface area contributed by atoms with Gasteiger partial charge in [-0.25, -0.2) is 8.42 Å². The number of sulfone groups is 1. The van der Waals surface area contributed by atoms with Crippen molar-refractivity contribution in [3.8, 4) is 0 Å². The van der Waals surface area contributed by atoms with Crippen molar-refractivity contribution in [1.29, 1.82) is 0 Å². The summed E-state index contributed by atoms with van der Waals surface area (Å²) < 4.78 is 23.7. The van der Waals surface area contributed by atoms with Gasteiger partial charge in [-0.2, -0.15) is 0 Å². The zero-order valence-corrected chi connectivity index (χ0v) is 13.1. The van der Waals surface area contributed by atoms with Crippen LogP contribution >= 0.6 is 0 Å². The predicted molar refractivity (Wildman–Crippen MR) is 81.1 cm³/mol. The summed E-state index contributed by atoms with van der Waals surface area (Å²) in [6, 6.07) is 0.581. The number of hydrogen-bond donors (Lipinski definition) is 1. The van der Waals surface area contributed by atoms with Crippen LogP contribution in [0.2, 0.25) is 0 Å². The summed E-state index contributed by atoms with van der Waals surface area (Å²) in [5.41, 5.74) is 5.59. The Kier molecular flexibility index (Phi) is 7.95. The third kappa shape index (κ3) is 6.72. The third-order valence-electron chi connectivity index (χ3n) is 3.95. The van der Waals surface area contributed by atoms with Gasteiger partial charge in [-0.1, -0.05) is 26.2 Å². The van der Waals surface area contributed by atoms with Gasteiger partial charge >= 0.3 is 0 Å². The SMILES string of the molecule is CCCS(=O)(=O)CCN(CCCN)C1CCCCC1. The second-order valence-electron chi connectivity index (χ2n) is 5.62. The highest BCUT2D eigenvalue weighted by atomic mass is 32.2. The summed E-state index contributed by atoms with van der Waals surface area (Å²) in [5.74, 6) is 0.629. The molecular formula is C14H30N2O2S. The molecule has 0 spiro atoms. The van der Waals surface area contributed by atoms with Gasteiger partial charge in [-0.05, 0) is 38.8 Å². The maximum Gasteiger partial charge on any atom is 0.151 e. The summed E-state index contributed by atoms with van der Waals surface area (Å²) in [6.45, 7) is 4.24. The lowest BCUT2D eigenvalue weighted by Gasteiger charge is -2.34. The van der Waals surface area contributed by atoms with Gasteiger partial charge in [0, 0.05) is 18.3 Å². The summed E-state index contributed by atoms with van der Waals surface area (Å²) in [5, 5.41) is 0.